The van der Waals surface area contributed by atoms with Gasteiger partial charge in [0.05, 0.1) is 6.61 Å². The van der Waals surface area contributed by atoms with Crippen molar-refractivity contribution >= 4 is 5.91 Å². The Hall–Kier alpha value is -1.69. The molecule has 6 nitrogen and oxygen atoms in total. The summed E-state index contributed by atoms with van der Waals surface area (Å²) in [5, 5.41) is 0. The highest BCUT2D eigenvalue weighted by molar-refractivity contribution is 5.92. The van der Waals surface area contributed by atoms with Gasteiger partial charge >= 0.3 is 0 Å². The first-order chi connectivity index (χ1) is 11.3. The average Bonchev–Trinajstić information content (AvgIpc) is 2.62. The van der Waals surface area contributed by atoms with Crippen LogP contribution in [0.25, 0.3) is 0 Å². The monoisotopic (exact) mass is 318 g/mol. The first-order valence-electron chi connectivity index (χ1n) is 8.76. The minimum atomic E-state index is -0.0170. The molecule has 126 valence electrons. The fourth-order valence-corrected chi connectivity index (χ4v) is 3.58. The van der Waals surface area contributed by atoms with Gasteiger partial charge in [0.2, 0.25) is 5.88 Å². The van der Waals surface area contributed by atoms with E-state index in [9.17, 15) is 4.79 Å². The van der Waals surface area contributed by atoms with Crippen LogP contribution < -0.4 is 4.74 Å². The van der Waals surface area contributed by atoms with Crippen LogP contribution in [0.15, 0.2) is 12.4 Å². The van der Waals surface area contributed by atoms with Crippen LogP contribution in [0.2, 0.25) is 0 Å². The Morgan fingerprint density at radius 3 is 2.61 bits per heavy atom. The lowest BCUT2D eigenvalue weighted by molar-refractivity contribution is 0.0517. The third-order valence-electron chi connectivity index (χ3n) is 4.85. The molecule has 2 fully saturated rings. The molecular weight excluding hydrogens is 292 g/mol. The highest BCUT2D eigenvalue weighted by atomic mass is 16.5. The van der Waals surface area contributed by atoms with Gasteiger partial charge in [-0.05, 0) is 19.8 Å². The van der Waals surface area contributed by atoms with Gasteiger partial charge in [-0.1, -0.05) is 19.3 Å². The number of amides is 1. The number of hydrogen-bond donors (Lipinski definition) is 0. The van der Waals surface area contributed by atoms with Crippen molar-refractivity contribution in [3.63, 3.8) is 0 Å². The second-order valence-electron chi connectivity index (χ2n) is 6.29. The fourth-order valence-electron chi connectivity index (χ4n) is 3.58. The highest BCUT2D eigenvalue weighted by Gasteiger charge is 2.28. The molecule has 23 heavy (non-hydrogen) atoms. The molecule has 1 aliphatic carbocycles. The lowest BCUT2D eigenvalue weighted by Crippen LogP contribution is -2.52. The summed E-state index contributed by atoms with van der Waals surface area (Å²) < 4.78 is 5.35. The van der Waals surface area contributed by atoms with Crippen LogP contribution in [0.3, 0.4) is 0 Å². The summed E-state index contributed by atoms with van der Waals surface area (Å²) in [5.74, 6) is 0.448. The smallest absolute Gasteiger partial charge is 0.272 e. The van der Waals surface area contributed by atoms with Gasteiger partial charge in [0, 0.05) is 38.3 Å². The van der Waals surface area contributed by atoms with E-state index >= 15 is 0 Å². The Kier molecular flexibility index (Phi) is 5.43. The third-order valence-corrected chi connectivity index (χ3v) is 4.85. The van der Waals surface area contributed by atoms with Crippen LogP contribution >= 0.6 is 0 Å². The molecule has 1 aromatic heterocycles. The number of hydrogen-bond acceptors (Lipinski definition) is 5. The quantitative estimate of drug-likeness (QED) is 0.849. The number of ether oxygens (including phenoxy) is 1. The molecular formula is C17H26N4O2. The topological polar surface area (TPSA) is 58.6 Å². The molecule has 3 rings (SSSR count). The van der Waals surface area contributed by atoms with Crippen LogP contribution in [0.5, 0.6) is 5.88 Å². The van der Waals surface area contributed by atoms with Gasteiger partial charge in [-0.15, -0.1) is 0 Å². The maximum Gasteiger partial charge on any atom is 0.272 e. The molecule has 1 saturated carbocycles. The Morgan fingerprint density at radius 2 is 1.91 bits per heavy atom. The molecule has 1 aliphatic heterocycles. The number of carbonyl (C=O) groups is 1. The van der Waals surface area contributed by atoms with Crippen LogP contribution in [0.1, 0.15) is 49.5 Å². The van der Waals surface area contributed by atoms with Gasteiger partial charge in [0.1, 0.15) is 12.0 Å². The van der Waals surface area contributed by atoms with E-state index < -0.39 is 0 Å². The van der Waals surface area contributed by atoms with Crippen molar-refractivity contribution in [1.29, 1.82) is 0 Å². The Bertz CT molecular complexity index is 523. The summed E-state index contributed by atoms with van der Waals surface area (Å²) in [6.07, 6.45) is 8.12. The van der Waals surface area contributed by atoms with E-state index in [0.717, 1.165) is 32.2 Å². The predicted octanol–water partition coefficient (Wildman–Crippen LogP) is 1.97. The van der Waals surface area contributed by atoms with Crippen molar-refractivity contribution in [1.82, 2.24) is 19.8 Å². The predicted molar refractivity (Wildman–Crippen MR) is 87.6 cm³/mol. The summed E-state index contributed by atoms with van der Waals surface area (Å²) in [7, 11) is 0. The van der Waals surface area contributed by atoms with Crippen LogP contribution in [0, 0.1) is 0 Å². The molecule has 0 bridgehead atoms. The SMILES string of the molecule is CCOc1cc(C(=O)N2CCN(C3CCCCC3)CC2)ncn1. The summed E-state index contributed by atoms with van der Waals surface area (Å²) >= 11 is 0. The fraction of sp³-hybridized carbons (Fsp3) is 0.706. The van der Waals surface area contributed by atoms with Gasteiger partial charge in [0.25, 0.3) is 5.91 Å². The standard InChI is InChI=1S/C17H26N4O2/c1-2-23-16-12-15(18-13-19-16)17(22)21-10-8-20(9-11-21)14-6-4-3-5-7-14/h12-14H,2-11H2,1H3. The first-order valence-corrected chi connectivity index (χ1v) is 8.76. The molecule has 1 aromatic rings. The summed E-state index contributed by atoms with van der Waals surface area (Å²) in [6.45, 7) is 5.94. The normalized spacial score (nSPS) is 20.5. The molecule has 2 heterocycles. The zero-order valence-corrected chi connectivity index (χ0v) is 13.9. The Labute approximate surface area is 137 Å². The van der Waals surface area contributed by atoms with Gasteiger partial charge in [-0.3, -0.25) is 9.69 Å². The Balaban J connectivity index is 1.56. The summed E-state index contributed by atoms with van der Waals surface area (Å²) in [4.78, 5) is 25.2. The number of aromatic nitrogens is 2. The van der Waals surface area contributed by atoms with E-state index in [1.165, 1.54) is 38.4 Å². The first kappa shape index (κ1) is 16.2. The van der Waals surface area contributed by atoms with E-state index in [4.69, 9.17) is 4.74 Å². The van der Waals surface area contributed by atoms with Crippen molar-refractivity contribution in [3.05, 3.63) is 18.1 Å². The molecule has 0 unspecified atom stereocenters. The molecule has 0 atom stereocenters. The maximum absolute atomic E-state index is 12.6. The van der Waals surface area contributed by atoms with E-state index in [2.05, 4.69) is 14.9 Å². The van der Waals surface area contributed by atoms with Gasteiger partial charge < -0.3 is 9.64 Å². The number of carbonyl (C=O) groups excluding carboxylic acids is 1. The maximum atomic E-state index is 12.6. The average molecular weight is 318 g/mol. The minimum absolute atomic E-state index is 0.0170. The second kappa shape index (κ2) is 7.73. The van der Waals surface area contributed by atoms with Crippen molar-refractivity contribution in [3.8, 4) is 5.88 Å². The summed E-state index contributed by atoms with van der Waals surface area (Å²) in [6, 6.07) is 2.36. The molecule has 6 heteroatoms. The van der Waals surface area contributed by atoms with Crippen molar-refractivity contribution in [2.75, 3.05) is 32.8 Å². The lowest BCUT2D eigenvalue weighted by atomic mass is 9.94. The highest BCUT2D eigenvalue weighted by Crippen LogP contribution is 2.23. The van der Waals surface area contributed by atoms with E-state index in [-0.39, 0.29) is 5.91 Å². The Morgan fingerprint density at radius 1 is 1.17 bits per heavy atom. The van der Waals surface area contributed by atoms with E-state index in [0.29, 0.717) is 18.2 Å². The molecule has 0 spiro atoms. The van der Waals surface area contributed by atoms with E-state index in [1.807, 2.05) is 11.8 Å². The van der Waals surface area contributed by atoms with E-state index in [1.54, 1.807) is 6.07 Å². The zero-order valence-electron chi connectivity index (χ0n) is 13.9. The minimum Gasteiger partial charge on any atom is -0.478 e. The number of nitrogens with zero attached hydrogens (tertiary/aromatic N) is 4. The van der Waals surface area contributed by atoms with Crippen molar-refractivity contribution in [2.45, 2.75) is 45.1 Å². The summed E-state index contributed by atoms with van der Waals surface area (Å²) in [5.41, 5.74) is 0.426. The number of rotatable bonds is 4. The third kappa shape index (κ3) is 3.99. The zero-order chi connectivity index (χ0) is 16.1. The lowest BCUT2D eigenvalue weighted by Gasteiger charge is -2.40. The molecule has 0 radical (unpaired) electrons. The van der Waals surface area contributed by atoms with Crippen molar-refractivity contribution < 1.29 is 9.53 Å². The molecule has 1 amide bonds. The van der Waals surface area contributed by atoms with Crippen molar-refractivity contribution in [2.24, 2.45) is 0 Å². The van der Waals surface area contributed by atoms with Crippen LogP contribution in [0.4, 0.5) is 0 Å². The van der Waals surface area contributed by atoms with Gasteiger partial charge in [-0.25, -0.2) is 9.97 Å². The van der Waals surface area contributed by atoms with Gasteiger partial charge in [-0.2, -0.15) is 0 Å². The molecule has 2 aliphatic rings. The molecule has 0 aromatic carbocycles. The number of piperazine rings is 1. The molecule has 0 N–H and O–H groups in total. The molecule has 1 saturated heterocycles. The van der Waals surface area contributed by atoms with Gasteiger partial charge in [0.15, 0.2) is 0 Å². The van der Waals surface area contributed by atoms with Crippen LogP contribution in [-0.4, -0.2) is 64.5 Å². The van der Waals surface area contributed by atoms with Crippen LogP contribution in [-0.2, 0) is 0 Å². The second-order valence-corrected chi connectivity index (χ2v) is 6.29. The largest absolute Gasteiger partial charge is 0.478 e.